The van der Waals surface area contributed by atoms with Gasteiger partial charge in [-0.25, -0.2) is 0 Å². The monoisotopic (exact) mass is 611 g/mol. The SMILES string of the molecule is O=S(=O)(O)c1ccc(Nc2ccc(Nc3ccc(Nc4ccccc4)c4c(S(=O)(=O)O)cccc34)c3ccccc23)cc1. The van der Waals surface area contributed by atoms with Crippen molar-refractivity contribution in [3.63, 3.8) is 0 Å². The Kier molecular flexibility index (Phi) is 7.24. The highest BCUT2D eigenvalue weighted by atomic mass is 32.2. The highest BCUT2D eigenvalue weighted by Crippen LogP contribution is 2.39. The second-order valence-electron chi connectivity index (χ2n) is 9.76. The molecule has 0 radical (unpaired) electrons. The zero-order valence-electron chi connectivity index (χ0n) is 22.4. The molecule has 0 saturated carbocycles. The van der Waals surface area contributed by atoms with Crippen molar-refractivity contribution in [1.82, 2.24) is 0 Å². The van der Waals surface area contributed by atoms with Crippen molar-refractivity contribution in [2.75, 3.05) is 16.0 Å². The lowest BCUT2D eigenvalue weighted by Gasteiger charge is -2.18. The molecule has 6 rings (SSSR count). The molecule has 6 aromatic carbocycles. The third-order valence-corrected chi connectivity index (χ3v) is 8.72. The van der Waals surface area contributed by atoms with E-state index in [1.165, 1.54) is 18.2 Å². The average molecular weight is 612 g/mol. The van der Waals surface area contributed by atoms with Crippen LogP contribution in [0.5, 0.6) is 0 Å². The number of fused-ring (bicyclic) bond motifs is 2. The van der Waals surface area contributed by atoms with Gasteiger partial charge in [0.1, 0.15) is 4.90 Å². The van der Waals surface area contributed by atoms with E-state index >= 15 is 0 Å². The Bertz CT molecular complexity index is 2200. The molecule has 43 heavy (non-hydrogen) atoms. The molecule has 0 aromatic heterocycles. The molecule has 0 saturated heterocycles. The van der Waals surface area contributed by atoms with Gasteiger partial charge in [-0.2, -0.15) is 16.8 Å². The first-order chi connectivity index (χ1) is 20.6. The van der Waals surface area contributed by atoms with Crippen LogP contribution in [0.25, 0.3) is 21.5 Å². The lowest BCUT2D eigenvalue weighted by atomic mass is 10.0. The third kappa shape index (κ3) is 5.87. The molecule has 0 fully saturated rings. The van der Waals surface area contributed by atoms with Gasteiger partial charge >= 0.3 is 0 Å². The number of rotatable bonds is 8. The molecule has 5 N–H and O–H groups in total. The molecule has 0 heterocycles. The van der Waals surface area contributed by atoms with Crippen LogP contribution in [-0.2, 0) is 20.2 Å². The van der Waals surface area contributed by atoms with Gasteiger partial charge in [-0.3, -0.25) is 9.11 Å². The highest BCUT2D eigenvalue weighted by molar-refractivity contribution is 7.86. The molecular weight excluding hydrogens is 587 g/mol. The summed E-state index contributed by atoms with van der Waals surface area (Å²) in [4.78, 5) is -0.409. The van der Waals surface area contributed by atoms with E-state index in [0.29, 0.717) is 27.8 Å². The second-order valence-corrected chi connectivity index (χ2v) is 12.6. The number of nitrogens with one attached hydrogen (secondary N) is 3. The van der Waals surface area contributed by atoms with Gasteiger partial charge in [-0.15, -0.1) is 0 Å². The van der Waals surface area contributed by atoms with Crippen molar-refractivity contribution >= 4 is 75.9 Å². The Morgan fingerprint density at radius 1 is 0.419 bits per heavy atom. The summed E-state index contributed by atoms with van der Waals surface area (Å²) in [5.74, 6) is 0. The maximum atomic E-state index is 12.4. The maximum Gasteiger partial charge on any atom is 0.295 e. The van der Waals surface area contributed by atoms with Crippen molar-refractivity contribution in [2.24, 2.45) is 0 Å². The first-order valence-corrected chi connectivity index (χ1v) is 15.9. The molecule has 0 atom stereocenters. The van der Waals surface area contributed by atoms with Crippen LogP contribution in [0.15, 0.2) is 131 Å². The Hall–Kier alpha value is -4.94. The standard InChI is InChI=1S/C32H25N3O6S2/c36-42(37,38)23-15-13-22(14-16-23)33-27-17-18-28(25-10-5-4-9-24(25)27)35-29-19-20-30(34-21-7-2-1-3-8-21)32-26(29)11-6-12-31(32)43(39,40)41/h1-20,33-35H,(H,36,37,38)(H,39,40,41). The fraction of sp³-hybridized carbons (Fsp3) is 0. The van der Waals surface area contributed by atoms with Crippen molar-refractivity contribution in [3.05, 3.63) is 121 Å². The van der Waals surface area contributed by atoms with Gasteiger partial charge < -0.3 is 16.0 Å². The molecule has 6 aromatic rings. The van der Waals surface area contributed by atoms with E-state index in [2.05, 4.69) is 16.0 Å². The molecule has 11 heteroatoms. The zero-order valence-corrected chi connectivity index (χ0v) is 24.0. The van der Waals surface area contributed by atoms with Crippen LogP contribution in [0.2, 0.25) is 0 Å². The van der Waals surface area contributed by atoms with Crippen LogP contribution < -0.4 is 16.0 Å². The summed E-state index contributed by atoms with van der Waals surface area (Å²) < 4.78 is 67.0. The van der Waals surface area contributed by atoms with Crippen LogP contribution in [0.3, 0.4) is 0 Å². The van der Waals surface area contributed by atoms with Crippen LogP contribution in [0.4, 0.5) is 34.1 Å². The molecular formula is C32H25N3O6S2. The molecule has 9 nitrogen and oxygen atoms in total. The third-order valence-electron chi connectivity index (χ3n) is 6.96. The lowest BCUT2D eigenvalue weighted by molar-refractivity contribution is 0.481. The fourth-order valence-corrected chi connectivity index (χ4v) is 6.21. The minimum atomic E-state index is -4.54. The van der Waals surface area contributed by atoms with E-state index in [1.54, 1.807) is 30.3 Å². The molecule has 216 valence electrons. The van der Waals surface area contributed by atoms with E-state index in [9.17, 15) is 25.9 Å². The summed E-state index contributed by atoms with van der Waals surface area (Å²) in [5, 5.41) is 12.7. The van der Waals surface area contributed by atoms with E-state index in [-0.39, 0.29) is 9.79 Å². The predicted molar refractivity (Wildman–Crippen MR) is 170 cm³/mol. The van der Waals surface area contributed by atoms with Gasteiger partial charge in [0, 0.05) is 55.7 Å². The predicted octanol–water partition coefficient (Wildman–Crippen LogP) is 7.72. The van der Waals surface area contributed by atoms with Crippen LogP contribution in [-0.4, -0.2) is 25.9 Å². The average Bonchev–Trinajstić information content (AvgIpc) is 2.99. The van der Waals surface area contributed by atoms with E-state index in [4.69, 9.17) is 0 Å². The van der Waals surface area contributed by atoms with Crippen molar-refractivity contribution < 1.29 is 25.9 Å². The van der Waals surface area contributed by atoms with Gasteiger partial charge in [-0.05, 0) is 66.7 Å². The van der Waals surface area contributed by atoms with E-state index < -0.39 is 20.2 Å². The normalized spacial score (nSPS) is 11.9. The van der Waals surface area contributed by atoms with Gasteiger partial charge in [0.25, 0.3) is 20.2 Å². The second kappa shape index (κ2) is 11.0. The maximum absolute atomic E-state index is 12.4. The number of anilines is 6. The minimum Gasteiger partial charge on any atom is -0.355 e. The zero-order chi connectivity index (χ0) is 30.2. The Balaban J connectivity index is 1.41. The Morgan fingerprint density at radius 2 is 0.907 bits per heavy atom. The Labute approximate surface area is 248 Å². The van der Waals surface area contributed by atoms with E-state index in [0.717, 1.165) is 27.8 Å². The van der Waals surface area contributed by atoms with Gasteiger partial charge in [0.05, 0.1) is 4.90 Å². The highest BCUT2D eigenvalue weighted by Gasteiger charge is 2.19. The molecule has 0 aliphatic heterocycles. The first kappa shape index (κ1) is 28.2. The smallest absolute Gasteiger partial charge is 0.295 e. The fourth-order valence-electron chi connectivity index (χ4n) is 5.01. The summed E-state index contributed by atoms with van der Waals surface area (Å²) in [6, 6.07) is 34.9. The van der Waals surface area contributed by atoms with Crippen LogP contribution in [0.1, 0.15) is 0 Å². The van der Waals surface area contributed by atoms with Gasteiger partial charge in [0.15, 0.2) is 0 Å². The van der Waals surface area contributed by atoms with Gasteiger partial charge in [0.2, 0.25) is 0 Å². The van der Waals surface area contributed by atoms with Crippen molar-refractivity contribution in [2.45, 2.75) is 9.79 Å². The summed E-state index contributed by atoms with van der Waals surface area (Å²) >= 11 is 0. The molecule has 0 amide bonds. The van der Waals surface area contributed by atoms with Crippen LogP contribution in [0, 0.1) is 0 Å². The minimum absolute atomic E-state index is 0.197. The summed E-state index contributed by atoms with van der Waals surface area (Å²) in [6.07, 6.45) is 0. The number of benzene rings is 6. The largest absolute Gasteiger partial charge is 0.355 e. The molecule has 0 unspecified atom stereocenters. The summed E-state index contributed by atoms with van der Waals surface area (Å²) in [5.41, 5.74) is 4.06. The molecule has 0 spiro atoms. The number of hydrogen-bond donors (Lipinski definition) is 5. The van der Waals surface area contributed by atoms with Crippen molar-refractivity contribution in [1.29, 1.82) is 0 Å². The van der Waals surface area contributed by atoms with Crippen molar-refractivity contribution in [3.8, 4) is 0 Å². The van der Waals surface area contributed by atoms with Gasteiger partial charge in [-0.1, -0.05) is 54.6 Å². The lowest BCUT2D eigenvalue weighted by Crippen LogP contribution is -2.03. The summed E-state index contributed by atoms with van der Waals surface area (Å²) in [6.45, 7) is 0. The molecule has 0 aliphatic carbocycles. The first-order valence-electron chi connectivity index (χ1n) is 13.1. The Morgan fingerprint density at radius 3 is 1.51 bits per heavy atom. The number of para-hydroxylation sites is 1. The topological polar surface area (TPSA) is 145 Å². The number of hydrogen-bond acceptors (Lipinski definition) is 7. The molecule has 0 bridgehead atoms. The quantitative estimate of drug-likeness (QED) is 0.109. The summed E-state index contributed by atoms with van der Waals surface area (Å²) in [7, 11) is -8.83. The molecule has 0 aliphatic rings. The van der Waals surface area contributed by atoms with Crippen LogP contribution >= 0.6 is 0 Å². The van der Waals surface area contributed by atoms with E-state index in [1.807, 2.05) is 72.8 Å².